The topological polar surface area (TPSA) is 87.2 Å². The third kappa shape index (κ3) is 1.85. The van der Waals surface area contributed by atoms with Gasteiger partial charge in [0.1, 0.15) is 0 Å². The molecule has 0 bridgehead atoms. The number of carboxylic acids is 1. The third-order valence-electron chi connectivity index (χ3n) is 1.24. The highest BCUT2D eigenvalue weighted by Crippen LogP contribution is 2.08. The average molecular weight is 189 g/mol. The van der Waals surface area contributed by atoms with Gasteiger partial charge in [0.15, 0.2) is 15.6 Å². The standard InChI is InChI=1S/C6H7NO4S/c8-6(9)4-12(10,11)5-1-2-7-3-5/h1-3,7H,4H2,(H,8,9). The molecule has 12 heavy (non-hydrogen) atoms. The maximum absolute atomic E-state index is 11.1. The summed E-state index contributed by atoms with van der Waals surface area (Å²) in [5.74, 6) is -2.22. The number of aromatic amines is 1. The fraction of sp³-hybridized carbons (Fsp3) is 0.167. The Labute approximate surface area is 69.0 Å². The average Bonchev–Trinajstić information content (AvgIpc) is 2.32. The maximum atomic E-state index is 11.1. The van der Waals surface area contributed by atoms with Gasteiger partial charge in [0.05, 0.1) is 4.90 Å². The van der Waals surface area contributed by atoms with Crippen molar-refractivity contribution in [3.8, 4) is 0 Å². The van der Waals surface area contributed by atoms with E-state index in [4.69, 9.17) is 5.11 Å². The molecule has 1 rings (SSSR count). The van der Waals surface area contributed by atoms with Gasteiger partial charge in [-0.1, -0.05) is 0 Å². The van der Waals surface area contributed by atoms with Gasteiger partial charge < -0.3 is 10.1 Å². The molecule has 6 heteroatoms. The van der Waals surface area contributed by atoms with Crippen LogP contribution in [0, 0.1) is 0 Å². The smallest absolute Gasteiger partial charge is 0.319 e. The normalized spacial score (nSPS) is 11.3. The van der Waals surface area contributed by atoms with Crippen LogP contribution >= 0.6 is 0 Å². The predicted octanol–water partition coefficient (Wildman–Crippen LogP) is -0.127. The second-order valence-electron chi connectivity index (χ2n) is 2.20. The molecule has 0 atom stereocenters. The summed E-state index contributed by atoms with van der Waals surface area (Å²) in [6.45, 7) is 0. The Bertz CT molecular complexity index is 364. The Morgan fingerprint density at radius 2 is 2.25 bits per heavy atom. The summed E-state index contributed by atoms with van der Waals surface area (Å²) in [5, 5.41) is 8.26. The molecule has 0 saturated carbocycles. The Balaban J connectivity index is 2.96. The summed E-state index contributed by atoms with van der Waals surface area (Å²) < 4.78 is 22.2. The molecule has 0 amide bonds. The molecule has 0 aliphatic carbocycles. The van der Waals surface area contributed by atoms with Crippen molar-refractivity contribution in [3.05, 3.63) is 18.5 Å². The molecule has 2 N–H and O–H groups in total. The van der Waals surface area contributed by atoms with Crippen molar-refractivity contribution in [2.75, 3.05) is 5.75 Å². The van der Waals surface area contributed by atoms with E-state index in [0.717, 1.165) is 0 Å². The van der Waals surface area contributed by atoms with Crippen LogP contribution in [0.15, 0.2) is 23.4 Å². The number of carboxylic acid groups (broad SMARTS) is 1. The largest absolute Gasteiger partial charge is 0.480 e. The van der Waals surface area contributed by atoms with Gasteiger partial charge in [0.2, 0.25) is 0 Å². The summed E-state index contributed by atoms with van der Waals surface area (Å²) in [7, 11) is -3.65. The minimum absolute atomic E-state index is 0.00454. The van der Waals surface area contributed by atoms with Gasteiger partial charge in [0.25, 0.3) is 0 Å². The lowest BCUT2D eigenvalue weighted by Crippen LogP contribution is -2.14. The SMILES string of the molecule is O=C(O)CS(=O)(=O)c1cc[nH]c1. The van der Waals surface area contributed by atoms with E-state index in [1.54, 1.807) is 0 Å². The van der Waals surface area contributed by atoms with Gasteiger partial charge in [-0.25, -0.2) is 8.42 Å². The van der Waals surface area contributed by atoms with Gasteiger partial charge in [-0.3, -0.25) is 4.79 Å². The minimum Gasteiger partial charge on any atom is -0.480 e. The first kappa shape index (κ1) is 8.79. The van der Waals surface area contributed by atoms with Crippen molar-refractivity contribution in [2.24, 2.45) is 0 Å². The summed E-state index contributed by atoms with van der Waals surface area (Å²) in [5.41, 5.74) is 0. The number of rotatable bonds is 3. The molecule has 0 aliphatic rings. The van der Waals surface area contributed by atoms with Crippen molar-refractivity contribution in [3.63, 3.8) is 0 Å². The van der Waals surface area contributed by atoms with E-state index in [1.807, 2.05) is 0 Å². The molecule has 5 nitrogen and oxygen atoms in total. The maximum Gasteiger partial charge on any atom is 0.319 e. The fourth-order valence-electron chi connectivity index (χ4n) is 0.748. The first-order chi connectivity index (χ1) is 5.52. The summed E-state index contributed by atoms with van der Waals surface area (Å²) >= 11 is 0. The van der Waals surface area contributed by atoms with Crippen LogP contribution in [0.25, 0.3) is 0 Å². The number of aliphatic carboxylic acids is 1. The molecule has 0 radical (unpaired) electrons. The van der Waals surface area contributed by atoms with Crippen molar-refractivity contribution < 1.29 is 18.3 Å². The first-order valence-corrected chi connectivity index (χ1v) is 4.75. The third-order valence-corrected chi connectivity index (χ3v) is 2.84. The summed E-state index contributed by atoms with van der Waals surface area (Å²) in [6.07, 6.45) is 2.67. The van der Waals surface area contributed by atoms with Gasteiger partial charge >= 0.3 is 5.97 Å². The Morgan fingerprint density at radius 3 is 2.67 bits per heavy atom. The van der Waals surface area contributed by atoms with E-state index in [-0.39, 0.29) is 4.90 Å². The number of hydrogen-bond donors (Lipinski definition) is 2. The van der Waals surface area contributed by atoms with Crippen molar-refractivity contribution in [1.29, 1.82) is 0 Å². The zero-order valence-corrected chi connectivity index (χ0v) is 6.84. The minimum atomic E-state index is -3.65. The van der Waals surface area contributed by atoms with Crippen LogP contribution in [0.4, 0.5) is 0 Å². The Kier molecular flexibility index (Phi) is 2.18. The molecule has 66 valence electrons. The second-order valence-corrected chi connectivity index (χ2v) is 4.19. The number of sulfone groups is 1. The predicted molar refractivity (Wildman–Crippen MR) is 40.5 cm³/mol. The summed E-state index contributed by atoms with van der Waals surface area (Å²) in [6, 6.07) is 1.32. The lowest BCUT2D eigenvalue weighted by Gasteiger charge is -1.95. The first-order valence-electron chi connectivity index (χ1n) is 3.10. The van der Waals surface area contributed by atoms with Crippen LogP contribution in [0.5, 0.6) is 0 Å². The van der Waals surface area contributed by atoms with Gasteiger partial charge in [-0.2, -0.15) is 0 Å². The number of aromatic nitrogens is 1. The molecule has 0 saturated heterocycles. The van der Waals surface area contributed by atoms with Crippen molar-refractivity contribution in [2.45, 2.75) is 4.90 Å². The number of H-pyrrole nitrogens is 1. The number of hydrogen-bond acceptors (Lipinski definition) is 3. The Hall–Kier alpha value is -1.30. The zero-order chi connectivity index (χ0) is 9.19. The molecular weight excluding hydrogens is 182 g/mol. The highest BCUT2D eigenvalue weighted by atomic mass is 32.2. The molecule has 0 unspecified atom stereocenters. The van der Waals surface area contributed by atoms with Gasteiger partial charge in [-0.05, 0) is 6.07 Å². The van der Waals surface area contributed by atoms with Crippen LogP contribution in [0.3, 0.4) is 0 Å². The molecule has 0 fully saturated rings. The summed E-state index contributed by atoms with van der Waals surface area (Å²) in [4.78, 5) is 12.7. The van der Waals surface area contributed by atoms with E-state index < -0.39 is 21.6 Å². The van der Waals surface area contributed by atoms with E-state index in [1.165, 1.54) is 18.5 Å². The quantitative estimate of drug-likeness (QED) is 0.693. The van der Waals surface area contributed by atoms with Crippen LogP contribution in [0.1, 0.15) is 0 Å². The van der Waals surface area contributed by atoms with Crippen LogP contribution in [-0.2, 0) is 14.6 Å². The lowest BCUT2D eigenvalue weighted by atomic mass is 10.7. The molecule has 1 heterocycles. The number of carbonyl (C=O) groups is 1. The molecule has 1 aromatic rings. The molecule has 1 aromatic heterocycles. The monoisotopic (exact) mass is 189 g/mol. The number of nitrogens with one attached hydrogen (secondary N) is 1. The molecule has 0 aliphatic heterocycles. The van der Waals surface area contributed by atoms with Crippen LogP contribution in [-0.4, -0.2) is 30.2 Å². The van der Waals surface area contributed by atoms with Gasteiger partial charge in [-0.15, -0.1) is 0 Å². The molecular formula is C6H7NO4S. The van der Waals surface area contributed by atoms with Gasteiger partial charge in [0, 0.05) is 12.4 Å². The van der Waals surface area contributed by atoms with Crippen molar-refractivity contribution >= 4 is 15.8 Å². The van der Waals surface area contributed by atoms with Crippen LogP contribution < -0.4 is 0 Å². The van der Waals surface area contributed by atoms with E-state index in [0.29, 0.717) is 0 Å². The fourth-order valence-corrected chi connectivity index (χ4v) is 1.76. The van der Waals surface area contributed by atoms with Crippen molar-refractivity contribution in [1.82, 2.24) is 4.98 Å². The van der Waals surface area contributed by atoms with E-state index in [9.17, 15) is 13.2 Å². The highest BCUT2D eigenvalue weighted by Gasteiger charge is 2.18. The molecule has 0 spiro atoms. The lowest BCUT2D eigenvalue weighted by molar-refractivity contribution is -0.134. The Morgan fingerprint density at radius 1 is 1.58 bits per heavy atom. The van der Waals surface area contributed by atoms with Crippen LogP contribution in [0.2, 0.25) is 0 Å². The van der Waals surface area contributed by atoms with E-state index >= 15 is 0 Å². The second kappa shape index (κ2) is 2.98. The molecule has 0 aromatic carbocycles. The zero-order valence-electron chi connectivity index (χ0n) is 6.02. The van der Waals surface area contributed by atoms with E-state index in [2.05, 4.69) is 4.98 Å². The highest BCUT2D eigenvalue weighted by molar-refractivity contribution is 7.92.